The summed E-state index contributed by atoms with van der Waals surface area (Å²) in [4.78, 5) is 3.87. The largest absolute Gasteiger partial charge is 0.330 e. The molecule has 1 aromatic rings. The smallest absolute Gasteiger partial charge is 0.260 e. The van der Waals surface area contributed by atoms with Crippen molar-refractivity contribution >= 4 is 10.0 Å². The third kappa shape index (κ3) is 2.92. The number of pyridine rings is 1. The van der Waals surface area contributed by atoms with Crippen molar-refractivity contribution in [2.75, 3.05) is 19.6 Å². The lowest BCUT2D eigenvalue weighted by Crippen LogP contribution is -2.42. The van der Waals surface area contributed by atoms with Crippen LogP contribution in [0.15, 0.2) is 23.4 Å². The molecule has 0 bridgehead atoms. The molecule has 2 N–H and O–H groups in total. The predicted molar refractivity (Wildman–Crippen MR) is 69.5 cm³/mol. The van der Waals surface area contributed by atoms with Crippen LogP contribution in [0.5, 0.6) is 0 Å². The first-order valence-electron chi connectivity index (χ1n) is 6.14. The van der Waals surface area contributed by atoms with Crippen molar-refractivity contribution in [3.8, 4) is 6.07 Å². The molecule has 0 saturated carbocycles. The Bertz CT molecular complexity index is 594. The second kappa shape index (κ2) is 5.65. The summed E-state index contributed by atoms with van der Waals surface area (Å²) in [5.41, 5.74) is 5.91. The highest BCUT2D eigenvalue weighted by atomic mass is 32.2. The maximum atomic E-state index is 12.4. The van der Waals surface area contributed by atoms with Gasteiger partial charge in [0.15, 0.2) is 5.03 Å². The van der Waals surface area contributed by atoms with Gasteiger partial charge < -0.3 is 5.73 Å². The fourth-order valence-electron chi connectivity index (χ4n) is 2.19. The third-order valence-corrected chi connectivity index (χ3v) is 5.05. The van der Waals surface area contributed by atoms with Gasteiger partial charge in [0.1, 0.15) is 0 Å². The van der Waals surface area contributed by atoms with Crippen molar-refractivity contribution in [1.82, 2.24) is 9.29 Å². The van der Waals surface area contributed by atoms with E-state index in [0.29, 0.717) is 25.2 Å². The fraction of sp³-hybridized carbons (Fsp3) is 0.500. The Morgan fingerprint density at radius 3 is 3.05 bits per heavy atom. The monoisotopic (exact) mass is 280 g/mol. The van der Waals surface area contributed by atoms with Crippen LogP contribution in [-0.4, -0.2) is 37.3 Å². The molecule has 0 unspecified atom stereocenters. The number of nitrogens with two attached hydrogens (primary N) is 1. The zero-order chi connectivity index (χ0) is 13.9. The van der Waals surface area contributed by atoms with Gasteiger partial charge in [0.2, 0.25) is 0 Å². The highest BCUT2D eigenvalue weighted by Crippen LogP contribution is 2.22. The first-order chi connectivity index (χ1) is 9.07. The molecule has 0 spiro atoms. The van der Waals surface area contributed by atoms with E-state index in [0.717, 1.165) is 12.8 Å². The Kier molecular flexibility index (Phi) is 4.14. The number of hydrogen-bond acceptors (Lipinski definition) is 5. The minimum Gasteiger partial charge on any atom is -0.330 e. The van der Waals surface area contributed by atoms with E-state index < -0.39 is 10.0 Å². The summed E-state index contributed by atoms with van der Waals surface area (Å²) in [5.74, 6) is 0.197. The molecule has 19 heavy (non-hydrogen) atoms. The molecule has 1 aliphatic rings. The van der Waals surface area contributed by atoms with E-state index in [4.69, 9.17) is 11.0 Å². The Morgan fingerprint density at radius 2 is 2.37 bits per heavy atom. The lowest BCUT2D eigenvalue weighted by Gasteiger charge is -2.30. The number of nitrogens with zero attached hydrogens (tertiary/aromatic N) is 3. The van der Waals surface area contributed by atoms with E-state index in [2.05, 4.69) is 4.98 Å². The second-order valence-corrected chi connectivity index (χ2v) is 6.49. The van der Waals surface area contributed by atoms with E-state index >= 15 is 0 Å². The first-order valence-corrected chi connectivity index (χ1v) is 7.58. The van der Waals surface area contributed by atoms with Crippen molar-refractivity contribution in [3.63, 3.8) is 0 Å². The van der Waals surface area contributed by atoms with Gasteiger partial charge >= 0.3 is 0 Å². The molecule has 102 valence electrons. The van der Waals surface area contributed by atoms with Crippen LogP contribution in [0.4, 0.5) is 0 Å². The number of rotatable bonds is 3. The Balaban J connectivity index is 2.29. The van der Waals surface area contributed by atoms with Gasteiger partial charge in [0, 0.05) is 19.3 Å². The molecule has 1 aromatic heterocycles. The SMILES string of the molecule is N#Cc1ccnc(S(=O)(=O)N2CCC[C@@H](CN)C2)c1. The normalized spacial score (nSPS) is 20.9. The van der Waals surface area contributed by atoms with Gasteiger partial charge in [-0.3, -0.25) is 0 Å². The van der Waals surface area contributed by atoms with Crippen LogP contribution in [0, 0.1) is 17.2 Å². The van der Waals surface area contributed by atoms with Gasteiger partial charge in [-0.25, -0.2) is 13.4 Å². The van der Waals surface area contributed by atoms with E-state index in [9.17, 15) is 8.42 Å². The van der Waals surface area contributed by atoms with Crippen LogP contribution >= 0.6 is 0 Å². The quantitative estimate of drug-likeness (QED) is 0.859. The van der Waals surface area contributed by atoms with Crippen molar-refractivity contribution in [2.45, 2.75) is 17.9 Å². The van der Waals surface area contributed by atoms with Crippen LogP contribution in [0.3, 0.4) is 0 Å². The summed E-state index contributed by atoms with van der Waals surface area (Å²) < 4.78 is 26.3. The molecule has 7 heteroatoms. The van der Waals surface area contributed by atoms with Gasteiger partial charge in [-0.15, -0.1) is 0 Å². The third-order valence-electron chi connectivity index (χ3n) is 3.28. The lowest BCUT2D eigenvalue weighted by atomic mass is 10.0. The second-order valence-electron chi connectivity index (χ2n) is 4.60. The van der Waals surface area contributed by atoms with Crippen molar-refractivity contribution in [1.29, 1.82) is 5.26 Å². The lowest BCUT2D eigenvalue weighted by molar-refractivity contribution is 0.271. The fourth-order valence-corrected chi connectivity index (χ4v) is 3.70. The summed E-state index contributed by atoms with van der Waals surface area (Å²) in [6.07, 6.45) is 3.10. The molecule has 2 rings (SSSR count). The molecule has 0 aliphatic carbocycles. The minimum absolute atomic E-state index is 0.0655. The predicted octanol–water partition coefficient (Wildman–Crippen LogP) is 0.313. The topological polar surface area (TPSA) is 100 Å². The van der Waals surface area contributed by atoms with Crippen LogP contribution in [0.1, 0.15) is 18.4 Å². The summed E-state index contributed by atoms with van der Waals surface area (Å²) in [6, 6.07) is 4.71. The van der Waals surface area contributed by atoms with Crippen LogP contribution in [0.25, 0.3) is 0 Å². The van der Waals surface area contributed by atoms with Gasteiger partial charge in [0.05, 0.1) is 11.6 Å². The molecular formula is C12H16N4O2S. The van der Waals surface area contributed by atoms with Crippen LogP contribution in [0.2, 0.25) is 0 Å². The number of sulfonamides is 1. The molecule has 0 radical (unpaired) electrons. The maximum absolute atomic E-state index is 12.4. The van der Waals surface area contributed by atoms with Crippen LogP contribution in [-0.2, 0) is 10.0 Å². The van der Waals surface area contributed by atoms with Gasteiger partial charge in [-0.05, 0) is 37.4 Å². The van der Waals surface area contributed by atoms with E-state index in [1.165, 1.54) is 22.6 Å². The average molecular weight is 280 g/mol. The number of aromatic nitrogens is 1. The van der Waals surface area contributed by atoms with Gasteiger partial charge in [-0.1, -0.05) is 0 Å². The van der Waals surface area contributed by atoms with Crippen molar-refractivity contribution < 1.29 is 8.42 Å². The number of nitriles is 1. The summed E-state index contributed by atoms with van der Waals surface area (Å²) >= 11 is 0. The molecule has 2 heterocycles. The molecule has 1 atom stereocenters. The highest BCUT2D eigenvalue weighted by Gasteiger charge is 2.30. The number of hydrogen-bond donors (Lipinski definition) is 1. The molecule has 6 nitrogen and oxygen atoms in total. The zero-order valence-electron chi connectivity index (χ0n) is 10.5. The minimum atomic E-state index is -3.62. The van der Waals surface area contributed by atoms with Gasteiger partial charge in [0.25, 0.3) is 10.0 Å². The Hall–Kier alpha value is -1.49. The Labute approximate surface area is 112 Å². The molecular weight excluding hydrogens is 264 g/mol. The summed E-state index contributed by atoms with van der Waals surface area (Å²) in [6.45, 7) is 1.40. The molecule has 1 aliphatic heterocycles. The zero-order valence-corrected chi connectivity index (χ0v) is 11.3. The summed E-state index contributed by atoms with van der Waals surface area (Å²) in [5, 5.41) is 8.75. The molecule has 1 saturated heterocycles. The van der Waals surface area contributed by atoms with E-state index in [1.807, 2.05) is 6.07 Å². The van der Waals surface area contributed by atoms with E-state index in [1.54, 1.807) is 0 Å². The molecule has 1 fully saturated rings. The molecule has 0 amide bonds. The van der Waals surface area contributed by atoms with Gasteiger partial charge in [-0.2, -0.15) is 9.57 Å². The van der Waals surface area contributed by atoms with Crippen molar-refractivity contribution in [2.24, 2.45) is 11.7 Å². The molecule has 0 aromatic carbocycles. The van der Waals surface area contributed by atoms with E-state index in [-0.39, 0.29) is 10.9 Å². The number of piperidine rings is 1. The average Bonchev–Trinajstić information content (AvgIpc) is 2.47. The highest BCUT2D eigenvalue weighted by molar-refractivity contribution is 7.89. The Morgan fingerprint density at radius 1 is 1.58 bits per heavy atom. The van der Waals surface area contributed by atoms with Crippen LogP contribution < -0.4 is 5.73 Å². The maximum Gasteiger partial charge on any atom is 0.260 e. The van der Waals surface area contributed by atoms with Crippen molar-refractivity contribution in [3.05, 3.63) is 23.9 Å². The standard InChI is InChI=1S/C12H16N4O2S/c13-7-10-3-4-15-12(6-10)19(17,18)16-5-1-2-11(8-14)9-16/h3-4,6,11H,1-2,5,8-9,14H2/t11-/m0/s1. The summed E-state index contributed by atoms with van der Waals surface area (Å²) in [7, 11) is -3.62. The first kappa shape index (κ1) is 13.9.